The lowest BCUT2D eigenvalue weighted by atomic mass is 10.0. The number of fused-ring (bicyclic) bond motifs is 1. The van der Waals surface area contributed by atoms with Crippen LogP contribution in [-0.2, 0) is 17.6 Å². The minimum atomic E-state index is -0.987. The first-order valence-corrected chi connectivity index (χ1v) is 9.52. The Balaban J connectivity index is 0.00000280. The number of aliphatic hydroxyl groups is 1. The molecule has 152 valence electrons. The van der Waals surface area contributed by atoms with Crippen LogP contribution >= 0.6 is 24.0 Å². The maximum atomic E-state index is 10.7. The third-order valence-electron chi connectivity index (χ3n) is 4.84. The van der Waals surface area contributed by atoms with E-state index in [1.165, 1.54) is 11.1 Å². The van der Waals surface area contributed by atoms with Crippen LogP contribution in [0.4, 0.5) is 0 Å². The maximum absolute atomic E-state index is 10.7. The lowest BCUT2D eigenvalue weighted by Gasteiger charge is -2.20. The van der Waals surface area contributed by atoms with Crippen LogP contribution in [-0.4, -0.2) is 35.4 Å². The van der Waals surface area contributed by atoms with E-state index in [2.05, 4.69) is 5.32 Å². The van der Waals surface area contributed by atoms with Crippen molar-refractivity contribution in [3.63, 3.8) is 0 Å². The van der Waals surface area contributed by atoms with E-state index in [-0.39, 0.29) is 25.1 Å². The smallest absolute Gasteiger partial charge is 0.341 e. The average molecular weight is 426 g/mol. The summed E-state index contributed by atoms with van der Waals surface area (Å²) in [6.07, 6.45) is 3.28. The van der Waals surface area contributed by atoms with Crippen LogP contribution in [0.2, 0.25) is 5.02 Å². The molecule has 1 aliphatic carbocycles. The molecule has 2 aromatic carbocycles. The summed E-state index contributed by atoms with van der Waals surface area (Å²) in [5.41, 5.74) is 3.25. The van der Waals surface area contributed by atoms with E-state index in [4.69, 9.17) is 21.4 Å². The largest absolute Gasteiger partial charge is 0.482 e. The summed E-state index contributed by atoms with van der Waals surface area (Å²) in [4.78, 5) is 10.7. The molecule has 0 radical (unpaired) electrons. The summed E-state index contributed by atoms with van der Waals surface area (Å²) >= 11 is 6.00. The molecule has 0 fully saturated rings. The highest BCUT2D eigenvalue weighted by atomic mass is 35.5. The minimum Gasteiger partial charge on any atom is -0.482 e. The van der Waals surface area contributed by atoms with Crippen LogP contribution < -0.4 is 10.1 Å². The number of ether oxygens (including phenoxy) is 1. The van der Waals surface area contributed by atoms with E-state index in [9.17, 15) is 9.90 Å². The first-order chi connectivity index (χ1) is 13.0. The van der Waals surface area contributed by atoms with Crippen LogP contribution in [0.3, 0.4) is 0 Å². The second kappa shape index (κ2) is 10.7. The van der Waals surface area contributed by atoms with Gasteiger partial charge in [-0.1, -0.05) is 29.8 Å². The highest BCUT2D eigenvalue weighted by molar-refractivity contribution is 6.30. The molecule has 0 unspecified atom stereocenters. The molecule has 0 heterocycles. The molecule has 0 bridgehead atoms. The van der Waals surface area contributed by atoms with Crippen molar-refractivity contribution in [2.45, 2.75) is 37.8 Å². The second-order valence-electron chi connectivity index (χ2n) is 6.89. The Kier molecular flexibility index (Phi) is 8.58. The number of aliphatic carboxylic acids is 1. The summed E-state index contributed by atoms with van der Waals surface area (Å²) in [6.45, 7) is 0.113. The quantitative estimate of drug-likeness (QED) is 0.587. The molecule has 7 heteroatoms. The van der Waals surface area contributed by atoms with E-state index >= 15 is 0 Å². The molecular weight excluding hydrogens is 401 g/mol. The monoisotopic (exact) mass is 425 g/mol. The van der Waals surface area contributed by atoms with Crippen molar-refractivity contribution >= 4 is 30.0 Å². The van der Waals surface area contributed by atoms with Gasteiger partial charge < -0.3 is 20.3 Å². The summed E-state index contributed by atoms with van der Waals surface area (Å²) < 4.78 is 5.30. The molecule has 0 aromatic heterocycles. The number of hydrogen-bond acceptors (Lipinski definition) is 4. The third kappa shape index (κ3) is 6.38. The topological polar surface area (TPSA) is 78.8 Å². The Morgan fingerprint density at radius 3 is 2.82 bits per heavy atom. The summed E-state index contributed by atoms with van der Waals surface area (Å²) in [7, 11) is 0. The zero-order valence-electron chi connectivity index (χ0n) is 15.4. The lowest BCUT2D eigenvalue weighted by Crippen LogP contribution is -2.34. The van der Waals surface area contributed by atoms with Crippen molar-refractivity contribution < 1.29 is 19.7 Å². The number of halogens is 2. The molecule has 2 aromatic rings. The summed E-state index contributed by atoms with van der Waals surface area (Å²) in [5, 5.41) is 23.3. The normalized spacial score (nSPS) is 17.0. The number of carboxylic acid groups (broad SMARTS) is 1. The Labute approximate surface area is 176 Å². The molecule has 2 atom stereocenters. The number of carboxylic acids is 1. The molecule has 0 saturated carbocycles. The molecule has 3 rings (SSSR count). The number of aryl methyl sites for hydroxylation is 1. The van der Waals surface area contributed by atoms with Gasteiger partial charge in [-0.3, -0.25) is 0 Å². The average Bonchev–Trinajstić information content (AvgIpc) is 2.85. The van der Waals surface area contributed by atoms with Gasteiger partial charge in [0.15, 0.2) is 6.61 Å². The van der Waals surface area contributed by atoms with Crippen molar-refractivity contribution in [2.24, 2.45) is 0 Å². The van der Waals surface area contributed by atoms with Crippen LogP contribution in [0.25, 0.3) is 0 Å². The maximum Gasteiger partial charge on any atom is 0.341 e. The van der Waals surface area contributed by atoms with E-state index in [1.54, 1.807) is 12.1 Å². The van der Waals surface area contributed by atoms with Crippen molar-refractivity contribution in [1.29, 1.82) is 0 Å². The first kappa shape index (κ1) is 22.5. The predicted octanol–water partition coefficient (Wildman–Crippen LogP) is 3.80. The van der Waals surface area contributed by atoms with Crippen molar-refractivity contribution in [1.82, 2.24) is 5.32 Å². The van der Waals surface area contributed by atoms with Gasteiger partial charge in [0.2, 0.25) is 0 Å². The molecular formula is C21H25Cl2NO4. The van der Waals surface area contributed by atoms with Gasteiger partial charge in [-0.05, 0) is 66.6 Å². The third-order valence-corrected chi connectivity index (χ3v) is 5.07. The fourth-order valence-electron chi connectivity index (χ4n) is 3.46. The lowest BCUT2D eigenvalue weighted by molar-refractivity contribution is -0.139. The highest BCUT2D eigenvalue weighted by Gasteiger charge is 2.19. The molecule has 0 aliphatic heterocycles. The number of nitrogens with one attached hydrogen (secondary N) is 1. The van der Waals surface area contributed by atoms with Gasteiger partial charge in [0.25, 0.3) is 0 Å². The molecule has 0 saturated heterocycles. The van der Waals surface area contributed by atoms with E-state index < -0.39 is 12.1 Å². The molecule has 0 spiro atoms. The number of hydrogen-bond donors (Lipinski definition) is 3. The van der Waals surface area contributed by atoms with Gasteiger partial charge in [-0.25, -0.2) is 4.79 Å². The Morgan fingerprint density at radius 2 is 2.07 bits per heavy atom. The molecule has 1 aliphatic rings. The Morgan fingerprint density at radius 1 is 1.25 bits per heavy atom. The van der Waals surface area contributed by atoms with E-state index in [0.29, 0.717) is 17.3 Å². The minimum absolute atomic E-state index is 0. The van der Waals surface area contributed by atoms with Crippen LogP contribution in [0.1, 0.15) is 35.6 Å². The number of rotatable bonds is 7. The zero-order valence-corrected chi connectivity index (χ0v) is 17.0. The predicted molar refractivity (Wildman–Crippen MR) is 112 cm³/mol. The first-order valence-electron chi connectivity index (χ1n) is 9.14. The van der Waals surface area contributed by atoms with Crippen LogP contribution in [0.15, 0.2) is 42.5 Å². The molecule has 5 nitrogen and oxygen atoms in total. The van der Waals surface area contributed by atoms with Gasteiger partial charge in [-0.2, -0.15) is 0 Å². The number of benzene rings is 2. The van der Waals surface area contributed by atoms with E-state index in [1.807, 2.05) is 30.3 Å². The van der Waals surface area contributed by atoms with Crippen molar-refractivity contribution in [3.05, 3.63) is 64.2 Å². The standard InChI is InChI=1S/C21H24ClNO4.ClH/c22-17-5-1-4-15(9-17)20(24)12-23-18-6-2-3-14-7-8-19(11-16(14)10-18)27-13-21(25)26;/h1,4-5,7-9,11,18,20,23-24H,2-3,6,10,12-13H2,(H,25,26);1H/t18-,20-;/m0./s1. The van der Waals surface area contributed by atoms with Crippen molar-refractivity contribution in [3.8, 4) is 5.75 Å². The zero-order chi connectivity index (χ0) is 19.2. The fraction of sp³-hybridized carbons (Fsp3) is 0.381. The molecule has 28 heavy (non-hydrogen) atoms. The molecule has 0 amide bonds. The summed E-state index contributed by atoms with van der Waals surface area (Å²) in [6, 6.07) is 13.3. The Hall–Kier alpha value is -1.79. The van der Waals surface area contributed by atoms with E-state index in [0.717, 1.165) is 31.2 Å². The van der Waals surface area contributed by atoms with Crippen molar-refractivity contribution in [2.75, 3.05) is 13.2 Å². The van der Waals surface area contributed by atoms with Gasteiger partial charge in [-0.15, -0.1) is 12.4 Å². The van der Waals surface area contributed by atoms with Gasteiger partial charge in [0, 0.05) is 17.6 Å². The second-order valence-corrected chi connectivity index (χ2v) is 7.32. The number of aliphatic hydroxyl groups excluding tert-OH is 1. The highest BCUT2D eigenvalue weighted by Crippen LogP contribution is 2.26. The fourth-order valence-corrected chi connectivity index (χ4v) is 3.66. The van der Waals surface area contributed by atoms with Crippen LogP contribution in [0, 0.1) is 0 Å². The Bertz CT molecular complexity index is 800. The van der Waals surface area contributed by atoms with Gasteiger partial charge in [0.1, 0.15) is 5.75 Å². The van der Waals surface area contributed by atoms with Crippen LogP contribution in [0.5, 0.6) is 5.75 Å². The number of carbonyl (C=O) groups is 1. The molecule has 3 N–H and O–H groups in total. The van der Waals surface area contributed by atoms with Gasteiger partial charge in [0.05, 0.1) is 6.10 Å². The van der Waals surface area contributed by atoms with Gasteiger partial charge >= 0.3 is 5.97 Å². The summed E-state index contributed by atoms with van der Waals surface area (Å²) in [5.74, 6) is -0.407. The SMILES string of the molecule is Cl.O=C(O)COc1ccc2c(c1)C[C@@H](NC[C@H](O)c1cccc(Cl)c1)CCC2.